The Hall–Kier alpha value is -0.900. The molecule has 3 unspecified atom stereocenters. The van der Waals surface area contributed by atoms with Crippen LogP contribution in [-0.4, -0.2) is 30.9 Å². The van der Waals surface area contributed by atoms with Gasteiger partial charge in [0.15, 0.2) is 0 Å². The van der Waals surface area contributed by atoms with Gasteiger partial charge < -0.3 is 14.8 Å². The number of nitrogens with one attached hydrogen (secondary N) is 1. The Balaban J connectivity index is 1.98. The van der Waals surface area contributed by atoms with E-state index in [-0.39, 0.29) is 29.4 Å². The molecular formula is C18H31NO3. The average molecular weight is 309 g/mol. The molecule has 1 aliphatic heterocycles. The summed E-state index contributed by atoms with van der Waals surface area (Å²) in [6, 6.07) is 0.0605. The lowest BCUT2D eigenvalue weighted by molar-refractivity contribution is -0.131. The topological polar surface area (TPSA) is 58.7 Å². The van der Waals surface area contributed by atoms with Crippen LogP contribution in [0.4, 0.5) is 0 Å². The lowest BCUT2D eigenvalue weighted by Gasteiger charge is -2.19. The molecule has 2 fully saturated rings. The molecule has 0 aromatic carbocycles. The number of amides is 1. The number of aldehydes is 1. The molecule has 5 atom stereocenters. The molecule has 1 heterocycles. The van der Waals surface area contributed by atoms with Gasteiger partial charge in [0.25, 0.3) is 0 Å². The predicted molar refractivity (Wildman–Crippen MR) is 86.3 cm³/mol. The number of carbonyl (C=O) groups excluding carboxylic acids is 2. The number of hydrogen-bond acceptors (Lipinski definition) is 3. The third kappa shape index (κ3) is 3.70. The molecule has 0 bridgehead atoms. The van der Waals surface area contributed by atoms with Crippen LogP contribution in [0, 0.1) is 29.1 Å². The van der Waals surface area contributed by atoms with Gasteiger partial charge in [-0.05, 0) is 36.0 Å². The summed E-state index contributed by atoms with van der Waals surface area (Å²) in [7, 11) is 0. The summed E-state index contributed by atoms with van der Waals surface area (Å²) in [5.41, 5.74) is 0.0868. The molecule has 0 aromatic rings. The van der Waals surface area contributed by atoms with Crippen molar-refractivity contribution in [3.8, 4) is 0 Å². The van der Waals surface area contributed by atoms with Gasteiger partial charge in [-0.2, -0.15) is 0 Å². The molecule has 1 aliphatic carbocycles. The van der Waals surface area contributed by atoms with Gasteiger partial charge in [-0.3, -0.25) is 4.79 Å². The van der Waals surface area contributed by atoms with Crippen LogP contribution in [-0.2, 0) is 14.3 Å². The molecule has 22 heavy (non-hydrogen) atoms. The van der Waals surface area contributed by atoms with Gasteiger partial charge in [0, 0.05) is 0 Å². The average Bonchev–Trinajstić information content (AvgIpc) is 3.32. The van der Waals surface area contributed by atoms with Crippen molar-refractivity contribution in [1.82, 2.24) is 5.32 Å². The van der Waals surface area contributed by atoms with Crippen molar-refractivity contribution >= 4 is 12.2 Å². The molecule has 2 rings (SSSR count). The molecular weight excluding hydrogens is 278 g/mol. The van der Waals surface area contributed by atoms with Gasteiger partial charge in [0.05, 0.1) is 18.6 Å². The first-order valence-corrected chi connectivity index (χ1v) is 8.70. The lowest BCUT2D eigenvalue weighted by Crippen LogP contribution is -2.43. The minimum Gasteiger partial charge on any atom is -0.371 e. The minimum atomic E-state index is -0.517. The third-order valence-corrected chi connectivity index (χ3v) is 5.44. The first-order chi connectivity index (χ1) is 10.3. The van der Waals surface area contributed by atoms with Crippen LogP contribution >= 0.6 is 0 Å². The Kier molecular flexibility index (Phi) is 5.31. The summed E-state index contributed by atoms with van der Waals surface area (Å²) < 4.78 is 5.33. The van der Waals surface area contributed by atoms with Crippen LogP contribution < -0.4 is 5.32 Å². The molecule has 1 saturated heterocycles. The molecule has 1 amide bonds. The zero-order chi connectivity index (χ0) is 16.5. The monoisotopic (exact) mass is 309 g/mol. The molecule has 0 spiro atoms. The molecule has 126 valence electrons. The van der Waals surface area contributed by atoms with Crippen molar-refractivity contribution < 1.29 is 14.3 Å². The van der Waals surface area contributed by atoms with Crippen LogP contribution in [0.3, 0.4) is 0 Å². The smallest absolute Gasteiger partial charge is 0.230 e. The van der Waals surface area contributed by atoms with Crippen molar-refractivity contribution in [3.05, 3.63) is 0 Å². The molecule has 0 aromatic heterocycles. The van der Waals surface area contributed by atoms with Gasteiger partial charge in [0.1, 0.15) is 12.4 Å². The zero-order valence-electron chi connectivity index (χ0n) is 14.6. The van der Waals surface area contributed by atoms with E-state index in [0.717, 1.165) is 32.2 Å². The van der Waals surface area contributed by atoms with Gasteiger partial charge in [-0.15, -0.1) is 0 Å². The maximum Gasteiger partial charge on any atom is 0.230 e. The van der Waals surface area contributed by atoms with Crippen molar-refractivity contribution in [2.75, 3.05) is 6.61 Å². The Morgan fingerprint density at radius 3 is 2.50 bits per heavy atom. The standard InChI is InChI=1S/C18H31NO3/c1-6-7-14(15-10-22-15)19-17(21)12(9-20)16-13(8-11(2)3)18(16,4)5/h9,11-16H,6-8,10H2,1-5H3,(H,19,21)/t12?,13-,14?,15?,16+/m0/s1. The minimum absolute atomic E-state index is 0.0605. The van der Waals surface area contributed by atoms with E-state index in [1.807, 2.05) is 0 Å². The maximum absolute atomic E-state index is 12.6. The number of rotatable bonds is 9. The number of hydrogen-bond donors (Lipinski definition) is 1. The SMILES string of the molecule is CCCC(NC(=O)C(C=O)[C@@H]1[C@H](CC(C)C)C1(C)C)C1CO1. The quantitative estimate of drug-likeness (QED) is 0.405. The van der Waals surface area contributed by atoms with Gasteiger partial charge in [0.2, 0.25) is 5.91 Å². The van der Waals surface area contributed by atoms with Crippen LogP contribution in [0.5, 0.6) is 0 Å². The fourth-order valence-electron chi connectivity index (χ4n) is 4.00. The first-order valence-electron chi connectivity index (χ1n) is 8.70. The van der Waals surface area contributed by atoms with E-state index in [2.05, 4.69) is 39.9 Å². The van der Waals surface area contributed by atoms with E-state index in [4.69, 9.17) is 4.74 Å². The summed E-state index contributed by atoms with van der Waals surface area (Å²) in [4.78, 5) is 24.2. The van der Waals surface area contributed by atoms with Crippen molar-refractivity contribution in [1.29, 1.82) is 0 Å². The first kappa shape index (κ1) is 17.5. The lowest BCUT2D eigenvalue weighted by atomic mass is 9.96. The van der Waals surface area contributed by atoms with Crippen molar-refractivity contribution in [3.63, 3.8) is 0 Å². The summed E-state index contributed by atoms with van der Waals surface area (Å²) >= 11 is 0. The van der Waals surface area contributed by atoms with E-state index in [1.54, 1.807) is 0 Å². The van der Waals surface area contributed by atoms with E-state index < -0.39 is 5.92 Å². The Morgan fingerprint density at radius 2 is 2.05 bits per heavy atom. The number of ether oxygens (including phenoxy) is 1. The van der Waals surface area contributed by atoms with E-state index in [9.17, 15) is 9.59 Å². The highest BCUT2D eigenvalue weighted by Gasteiger charge is 2.61. The van der Waals surface area contributed by atoms with E-state index in [1.165, 1.54) is 0 Å². The van der Waals surface area contributed by atoms with Crippen LogP contribution in [0.15, 0.2) is 0 Å². The summed E-state index contributed by atoms with van der Waals surface area (Å²) in [6.45, 7) is 11.6. The zero-order valence-corrected chi connectivity index (χ0v) is 14.6. The van der Waals surface area contributed by atoms with Crippen LogP contribution in [0.25, 0.3) is 0 Å². The van der Waals surface area contributed by atoms with Crippen LogP contribution in [0.2, 0.25) is 0 Å². The second-order valence-electron chi connectivity index (χ2n) is 8.02. The molecule has 2 aliphatic rings. The predicted octanol–water partition coefficient (Wildman–Crippen LogP) is 2.80. The molecule has 1 saturated carbocycles. The van der Waals surface area contributed by atoms with Gasteiger partial charge >= 0.3 is 0 Å². The second-order valence-corrected chi connectivity index (χ2v) is 8.02. The second kappa shape index (κ2) is 6.69. The maximum atomic E-state index is 12.6. The molecule has 1 N–H and O–H groups in total. The Bertz CT molecular complexity index is 415. The summed E-state index contributed by atoms with van der Waals surface area (Å²) in [5, 5.41) is 3.07. The normalized spacial score (nSPS) is 31.5. The fourth-order valence-corrected chi connectivity index (χ4v) is 4.00. The van der Waals surface area contributed by atoms with Gasteiger partial charge in [-0.1, -0.05) is 41.0 Å². The van der Waals surface area contributed by atoms with Crippen molar-refractivity contribution in [2.45, 2.75) is 66.0 Å². The highest BCUT2D eigenvalue weighted by molar-refractivity contribution is 5.93. The van der Waals surface area contributed by atoms with Crippen LogP contribution in [0.1, 0.15) is 53.9 Å². The number of epoxide rings is 1. The highest BCUT2D eigenvalue weighted by atomic mass is 16.6. The fraction of sp³-hybridized carbons (Fsp3) is 0.889. The van der Waals surface area contributed by atoms with Gasteiger partial charge in [-0.25, -0.2) is 0 Å². The Morgan fingerprint density at radius 1 is 1.41 bits per heavy atom. The number of carbonyl (C=O) groups is 2. The Labute approximate surface area is 134 Å². The summed E-state index contributed by atoms with van der Waals surface area (Å²) in [6.07, 6.45) is 4.00. The summed E-state index contributed by atoms with van der Waals surface area (Å²) in [5.74, 6) is 0.618. The highest BCUT2D eigenvalue weighted by Crippen LogP contribution is 2.63. The molecule has 4 nitrogen and oxygen atoms in total. The van der Waals surface area contributed by atoms with E-state index >= 15 is 0 Å². The molecule has 4 heteroatoms. The van der Waals surface area contributed by atoms with Crippen molar-refractivity contribution in [2.24, 2.45) is 29.1 Å². The molecule has 0 radical (unpaired) electrons. The van der Waals surface area contributed by atoms with E-state index in [0.29, 0.717) is 11.8 Å². The third-order valence-electron chi connectivity index (χ3n) is 5.44. The largest absolute Gasteiger partial charge is 0.371 e.